The van der Waals surface area contributed by atoms with Gasteiger partial charge in [-0.2, -0.15) is 0 Å². The molecule has 2 rings (SSSR count). The second-order valence-corrected chi connectivity index (χ2v) is 4.14. The standard InChI is InChI=1S/C10H14ClN3O/c11-8-6-12-10(13-7-8)14(4-5-15)9-2-1-3-9/h6-7,9,15H,1-5H2. The number of halogens is 1. The number of rotatable bonds is 4. The third-order valence-electron chi connectivity index (χ3n) is 2.72. The van der Waals surface area contributed by atoms with E-state index >= 15 is 0 Å². The average molecular weight is 228 g/mol. The molecule has 1 aromatic rings. The van der Waals surface area contributed by atoms with Gasteiger partial charge in [0.2, 0.25) is 5.95 Å². The van der Waals surface area contributed by atoms with Crippen LogP contribution >= 0.6 is 11.6 Å². The summed E-state index contributed by atoms with van der Waals surface area (Å²) in [5.41, 5.74) is 0. The van der Waals surface area contributed by atoms with Crippen molar-refractivity contribution in [2.45, 2.75) is 25.3 Å². The predicted octanol–water partition coefficient (Wildman–Crippen LogP) is 1.48. The highest BCUT2D eigenvalue weighted by atomic mass is 35.5. The molecule has 1 heterocycles. The van der Waals surface area contributed by atoms with Gasteiger partial charge >= 0.3 is 0 Å². The maximum atomic E-state index is 9.00. The summed E-state index contributed by atoms with van der Waals surface area (Å²) in [4.78, 5) is 10.4. The fourth-order valence-corrected chi connectivity index (χ4v) is 1.80. The number of aromatic nitrogens is 2. The van der Waals surface area contributed by atoms with Crippen LogP contribution in [-0.2, 0) is 0 Å². The van der Waals surface area contributed by atoms with Crippen LogP contribution in [0.4, 0.5) is 5.95 Å². The van der Waals surface area contributed by atoms with E-state index in [1.807, 2.05) is 0 Å². The summed E-state index contributed by atoms with van der Waals surface area (Å²) in [6.45, 7) is 0.717. The number of hydrogen-bond acceptors (Lipinski definition) is 4. The highest BCUT2D eigenvalue weighted by Gasteiger charge is 2.26. The van der Waals surface area contributed by atoms with Gasteiger partial charge in [-0.25, -0.2) is 9.97 Å². The van der Waals surface area contributed by atoms with E-state index in [0.717, 1.165) is 12.8 Å². The van der Waals surface area contributed by atoms with Crippen LogP contribution in [0.2, 0.25) is 5.02 Å². The minimum absolute atomic E-state index is 0.127. The van der Waals surface area contributed by atoms with Gasteiger partial charge in [-0.15, -0.1) is 0 Å². The van der Waals surface area contributed by atoms with Gasteiger partial charge in [0, 0.05) is 12.6 Å². The lowest BCUT2D eigenvalue weighted by Gasteiger charge is -2.37. The van der Waals surface area contributed by atoms with Crippen LogP contribution in [0, 0.1) is 0 Å². The molecule has 1 aromatic heterocycles. The Labute approximate surface area is 93.9 Å². The smallest absolute Gasteiger partial charge is 0.225 e. The van der Waals surface area contributed by atoms with E-state index in [2.05, 4.69) is 14.9 Å². The van der Waals surface area contributed by atoms with Crippen LogP contribution in [0.1, 0.15) is 19.3 Å². The monoisotopic (exact) mass is 227 g/mol. The molecule has 1 aliphatic carbocycles. The van der Waals surface area contributed by atoms with Gasteiger partial charge in [0.25, 0.3) is 0 Å². The van der Waals surface area contributed by atoms with E-state index in [1.165, 1.54) is 6.42 Å². The molecule has 0 amide bonds. The lowest BCUT2D eigenvalue weighted by molar-refractivity contribution is 0.282. The second-order valence-electron chi connectivity index (χ2n) is 3.70. The Bertz CT molecular complexity index is 313. The third-order valence-corrected chi connectivity index (χ3v) is 2.92. The zero-order chi connectivity index (χ0) is 10.7. The lowest BCUT2D eigenvalue weighted by Crippen LogP contribution is -2.42. The summed E-state index contributed by atoms with van der Waals surface area (Å²) >= 11 is 5.73. The first kappa shape index (κ1) is 10.6. The Morgan fingerprint density at radius 3 is 2.53 bits per heavy atom. The number of nitrogens with zero attached hydrogens (tertiary/aromatic N) is 3. The quantitative estimate of drug-likeness (QED) is 0.847. The van der Waals surface area contributed by atoms with E-state index in [1.54, 1.807) is 12.4 Å². The first-order valence-electron chi connectivity index (χ1n) is 5.16. The zero-order valence-electron chi connectivity index (χ0n) is 8.43. The molecule has 0 aromatic carbocycles. The summed E-state index contributed by atoms with van der Waals surface area (Å²) in [7, 11) is 0. The largest absolute Gasteiger partial charge is 0.395 e. The van der Waals surface area contributed by atoms with Gasteiger partial charge < -0.3 is 10.0 Å². The Hall–Kier alpha value is -0.870. The molecule has 0 unspecified atom stereocenters. The van der Waals surface area contributed by atoms with Gasteiger partial charge in [0.05, 0.1) is 24.0 Å². The van der Waals surface area contributed by atoms with Crippen molar-refractivity contribution in [3.05, 3.63) is 17.4 Å². The Morgan fingerprint density at radius 1 is 1.40 bits per heavy atom. The average Bonchev–Trinajstić information content (AvgIpc) is 2.16. The number of aliphatic hydroxyl groups is 1. The van der Waals surface area contributed by atoms with Gasteiger partial charge in [-0.3, -0.25) is 0 Å². The highest BCUT2D eigenvalue weighted by molar-refractivity contribution is 6.30. The predicted molar refractivity (Wildman–Crippen MR) is 59.1 cm³/mol. The number of anilines is 1. The molecule has 0 aliphatic heterocycles. The number of hydrogen-bond donors (Lipinski definition) is 1. The van der Waals surface area contributed by atoms with E-state index in [4.69, 9.17) is 16.7 Å². The van der Waals surface area contributed by atoms with Crippen LogP contribution in [0.5, 0.6) is 0 Å². The van der Waals surface area contributed by atoms with Gasteiger partial charge in [0.15, 0.2) is 0 Å². The molecule has 0 radical (unpaired) electrons. The molecule has 15 heavy (non-hydrogen) atoms. The maximum Gasteiger partial charge on any atom is 0.225 e. The van der Waals surface area contributed by atoms with E-state index in [-0.39, 0.29) is 6.61 Å². The fourth-order valence-electron chi connectivity index (χ4n) is 1.71. The van der Waals surface area contributed by atoms with Crippen molar-refractivity contribution in [2.75, 3.05) is 18.1 Å². The minimum Gasteiger partial charge on any atom is -0.395 e. The van der Waals surface area contributed by atoms with Crippen molar-refractivity contribution < 1.29 is 5.11 Å². The van der Waals surface area contributed by atoms with Crippen LogP contribution in [0.15, 0.2) is 12.4 Å². The summed E-state index contributed by atoms with van der Waals surface area (Å²) in [5, 5.41) is 9.54. The normalized spacial score (nSPS) is 16.1. The summed E-state index contributed by atoms with van der Waals surface area (Å²) in [5.74, 6) is 0.665. The topological polar surface area (TPSA) is 49.2 Å². The molecule has 1 aliphatic rings. The minimum atomic E-state index is 0.127. The maximum absolute atomic E-state index is 9.00. The molecule has 5 heteroatoms. The molecular weight excluding hydrogens is 214 g/mol. The second kappa shape index (κ2) is 4.77. The zero-order valence-corrected chi connectivity index (χ0v) is 9.19. The molecule has 1 saturated carbocycles. The molecule has 4 nitrogen and oxygen atoms in total. The molecule has 1 fully saturated rings. The fraction of sp³-hybridized carbons (Fsp3) is 0.600. The summed E-state index contributed by atoms with van der Waals surface area (Å²) in [6.07, 6.45) is 6.75. The first-order valence-corrected chi connectivity index (χ1v) is 5.54. The van der Waals surface area contributed by atoms with E-state index in [0.29, 0.717) is 23.6 Å². The van der Waals surface area contributed by atoms with E-state index < -0.39 is 0 Å². The van der Waals surface area contributed by atoms with Gasteiger partial charge in [0.1, 0.15) is 0 Å². The van der Waals surface area contributed by atoms with E-state index in [9.17, 15) is 0 Å². The Kier molecular flexibility index (Phi) is 3.38. The molecule has 82 valence electrons. The molecule has 0 bridgehead atoms. The Balaban J connectivity index is 2.12. The summed E-state index contributed by atoms with van der Waals surface area (Å²) in [6, 6.07) is 0.485. The summed E-state index contributed by atoms with van der Waals surface area (Å²) < 4.78 is 0. The van der Waals surface area contributed by atoms with Gasteiger partial charge in [-0.05, 0) is 19.3 Å². The van der Waals surface area contributed by atoms with Crippen LogP contribution in [0.3, 0.4) is 0 Å². The molecule has 1 N–H and O–H groups in total. The van der Waals surface area contributed by atoms with Crippen molar-refractivity contribution in [2.24, 2.45) is 0 Å². The molecule has 0 spiro atoms. The highest BCUT2D eigenvalue weighted by Crippen LogP contribution is 2.27. The van der Waals surface area contributed by atoms with Crippen molar-refractivity contribution in [1.29, 1.82) is 0 Å². The van der Waals surface area contributed by atoms with Crippen molar-refractivity contribution in [1.82, 2.24) is 9.97 Å². The third kappa shape index (κ3) is 2.38. The molecule has 0 atom stereocenters. The van der Waals surface area contributed by atoms with Crippen LogP contribution < -0.4 is 4.90 Å². The SMILES string of the molecule is OCCN(c1ncc(Cl)cn1)C1CCC1. The lowest BCUT2D eigenvalue weighted by atomic mass is 9.92. The van der Waals surface area contributed by atoms with Crippen molar-refractivity contribution >= 4 is 17.5 Å². The van der Waals surface area contributed by atoms with Crippen molar-refractivity contribution in [3.8, 4) is 0 Å². The Morgan fingerprint density at radius 2 is 2.07 bits per heavy atom. The molecule has 0 saturated heterocycles. The molecular formula is C10H14ClN3O. The van der Waals surface area contributed by atoms with Gasteiger partial charge in [-0.1, -0.05) is 11.6 Å². The number of aliphatic hydroxyl groups excluding tert-OH is 1. The van der Waals surface area contributed by atoms with Crippen molar-refractivity contribution in [3.63, 3.8) is 0 Å². The first-order chi connectivity index (χ1) is 7.31. The van der Waals surface area contributed by atoms with Crippen LogP contribution in [0.25, 0.3) is 0 Å². The van der Waals surface area contributed by atoms with Crippen LogP contribution in [-0.4, -0.2) is 34.3 Å².